The van der Waals surface area contributed by atoms with Crippen molar-refractivity contribution in [3.63, 3.8) is 0 Å². The maximum atomic E-state index is 4.77. The van der Waals surface area contributed by atoms with E-state index in [0.717, 1.165) is 43.7 Å². The van der Waals surface area contributed by atoms with Gasteiger partial charge in [0.2, 0.25) is 5.95 Å². The minimum Gasteiger partial charge on any atom is -0.354 e. The lowest BCUT2D eigenvalue weighted by molar-refractivity contribution is 0.0845. The molecule has 21 heavy (non-hydrogen) atoms. The van der Waals surface area contributed by atoms with Gasteiger partial charge in [-0.1, -0.05) is 13.8 Å². The summed E-state index contributed by atoms with van der Waals surface area (Å²) in [6.07, 6.45) is 9.44. The van der Waals surface area contributed by atoms with Crippen LogP contribution in [0.25, 0.3) is 0 Å². The van der Waals surface area contributed by atoms with Crippen LogP contribution in [-0.2, 0) is 12.8 Å². The zero-order valence-electron chi connectivity index (χ0n) is 13.4. The molecule has 116 valence electrons. The van der Waals surface area contributed by atoms with Crippen molar-refractivity contribution in [3.8, 4) is 0 Å². The maximum absolute atomic E-state index is 4.77. The molecule has 2 heterocycles. The molecule has 0 amide bonds. The number of nitrogens with one attached hydrogen (secondary N) is 1. The highest BCUT2D eigenvalue weighted by molar-refractivity contribution is 5.32. The van der Waals surface area contributed by atoms with Gasteiger partial charge in [-0.25, -0.2) is 9.97 Å². The molecule has 1 aromatic rings. The maximum Gasteiger partial charge on any atom is 0.222 e. The van der Waals surface area contributed by atoms with Crippen molar-refractivity contribution in [2.24, 2.45) is 5.92 Å². The first-order chi connectivity index (χ1) is 10.3. The van der Waals surface area contributed by atoms with Crippen LogP contribution in [0.4, 0.5) is 5.95 Å². The second-order valence-corrected chi connectivity index (χ2v) is 6.51. The lowest BCUT2D eigenvalue weighted by Crippen LogP contribution is -2.49. The van der Waals surface area contributed by atoms with Crippen molar-refractivity contribution in [2.75, 3.05) is 25.0 Å². The molecule has 1 aromatic heterocycles. The molecule has 0 bridgehead atoms. The predicted octanol–water partition coefficient (Wildman–Crippen LogP) is 2.89. The number of fused-ring (bicyclic) bond motifs is 2. The molecular weight excluding hydrogens is 260 g/mol. The molecule has 3 rings (SSSR count). The quantitative estimate of drug-likeness (QED) is 0.904. The standard InChI is InChI=1S/C17H28N4/c1-3-7-18-17-19-12-14-11-16-13(10-15(14)20-17)6-5-9-21(16)8-4-2/h12-13,16H,3-11H2,1-2H3,(H,18,19,20)/t13-,16-/m1/s1. The Morgan fingerprint density at radius 3 is 3.00 bits per heavy atom. The highest BCUT2D eigenvalue weighted by atomic mass is 15.2. The van der Waals surface area contributed by atoms with Crippen molar-refractivity contribution in [1.82, 2.24) is 14.9 Å². The molecule has 4 heteroatoms. The van der Waals surface area contributed by atoms with Crippen LogP contribution in [0.2, 0.25) is 0 Å². The van der Waals surface area contributed by atoms with Crippen molar-refractivity contribution < 1.29 is 0 Å². The number of likely N-dealkylation sites (tertiary alicyclic amines) is 1. The van der Waals surface area contributed by atoms with E-state index in [1.54, 1.807) is 0 Å². The lowest BCUT2D eigenvalue weighted by atomic mass is 9.77. The zero-order valence-corrected chi connectivity index (χ0v) is 13.4. The third-order valence-electron chi connectivity index (χ3n) is 4.92. The summed E-state index contributed by atoms with van der Waals surface area (Å²) in [6, 6.07) is 0.726. The summed E-state index contributed by atoms with van der Waals surface area (Å²) in [5, 5.41) is 3.31. The first-order valence-corrected chi connectivity index (χ1v) is 8.64. The monoisotopic (exact) mass is 288 g/mol. The molecule has 0 unspecified atom stereocenters. The van der Waals surface area contributed by atoms with E-state index in [2.05, 4.69) is 35.2 Å². The van der Waals surface area contributed by atoms with Gasteiger partial charge in [0.25, 0.3) is 0 Å². The van der Waals surface area contributed by atoms with Gasteiger partial charge in [0.05, 0.1) is 0 Å². The van der Waals surface area contributed by atoms with E-state index >= 15 is 0 Å². The fourth-order valence-corrected chi connectivity index (χ4v) is 3.90. The summed E-state index contributed by atoms with van der Waals surface area (Å²) in [5.41, 5.74) is 2.67. The number of anilines is 1. The van der Waals surface area contributed by atoms with E-state index < -0.39 is 0 Å². The van der Waals surface area contributed by atoms with Crippen molar-refractivity contribution in [1.29, 1.82) is 0 Å². The minimum atomic E-state index is 0.726. The Bertz CT molecular complexity index is 472. The predicted molar refractivity (Wildman–Crippen MR) is 86.6 cm³/mol. The molecule has 1 saturated heterocycles. The third-order valence-corrected chi connectivity index (χ3v) is 4.92. The Morgan fingerprint density at radius 1 is 1.29 bits per heavy atom. The highest BCUT2D eigenvalue weighted by Crippen LogP contribution is 2.34. The molecule has 1 fully saturated rings. The second kappa shape index (κ2) is 6.73. The number of hydrogen-bond donors (Lipinski definition) is 1. The largest absolute Gasteiger partial charge is 0.354 e. The van der Waals surface area contributed by atoms with E-state index in [4.69, 9.17) is 4.98 Å². The van der Waals surface area contributed by atoms with E-state index in [0.29, 0.717) is 0 Å². The number of aromatic nitrogens is 2. The summed E-state index contributed by atoms with van der Waals surface area (Å²) in [7, 11) is 0. The topological polar surface area (TPSA) is 41.1 Å². The molecule has 2 atom stereocenters. The van der Waals surface area contributed by atoms with Gasteiger partial charge in [0.15, 0.2) is 0 Å². The smallest absolute Gasteiger partial charge is 0.222 e. The summed E-state index contributed by atoms with van der Waals surface area (Å²) in [5.74, 6) is 1.61. The molecule has 0 radical (unpaired) electrons. The van der Waals surface area contributed by atoms with Gasteiger partial charge in [-0.15, -0.1) is 0 Å². The second-order valence-electron chi connectivity index (χ2n) is 6.51. The van der Waals surface area contributed by atoms with Crippen LogP contribution in [-0.4, -0.2) is 40.5 Å². The Balaban J connectivity index is 1.76. The first-order valence-electron chi connectivity index (χ1n) is 8.64. The number of hydrogen-bond acceptors (Lipinski definition) is 4. The zero-order chi connectivity index (χ0) is 14.7. The number of nitrogens with zero attached hydrogens (tertiary/aromatic N) is 3. The molecule has 1 aliphatic carbocycles. The molecular formula is C17H28N4. The van der Waals surface area contributed by atoms with Gasteiger partial charge in [-0.3, -0.25) is 4.90 Å². The fraction of sp³-hybridized carbons (Fsp3) is 0.765. The Hall–Kier alpha value is -1.16. The Kier molecular flexibility index (Phi) is 4.73. The first kappa shape index (κ1) is 14.8. The minimum absolute atomic E-state index is 0.726. The van der Waals surface area contributed by atoms with Gasteiger partial charge < -0.3 is 5.32 Å². The summed E-state index contributed by atoms with van der Waals surface area (Å²) in [4.78, 5) is 12.0. The van der Waals surface area contributed by atoms with Crippen LogP contribution in [0.3, 0.4) is 0 Å². The third kappa shape index (κ3) is 3.20. The molecule has 0 aromatic carbocycles. The molecule has 1 N–H and O–H groups in total. The highest BCUT2D eigenvalue weighted by Gasteiger charge is 2.35. The van der Waals surface area contributed by atoms with Crippen LogP contribution in [0.5, 0.6) is 0 Å². The van der Waals surface area contributed by atoms with Crippen molar-refractivity contribution in [3.05, 3.63) is 17.5 Å². The van der Waals surface area contributed by atoms with Gasteiger partial charge in [-0.05, 0) is 63.1 Å². The summed E-state index contributed by atoms with van der Waals surface area (Å²) >= 11 is 0. The van der Waals surface area contributed by atoms with E-state index in [1.807, 2.05) is 0 Å². The normalized spacial score (nSPS) is 25.2. The van der Waals surface area contributed by atoms with E-state index in [-0.39, 0.29) is 0 Å². The molecule has 1 aliphatic heterocycles. The van der Waals surface area contributed by atoms with E-state index in [9.17, 15) is 0 Å². The van der Waals surface area contributed by atoms with Gasteiger partial charge in [-0.2, -0.15) is 0 Å². The van der Waals surface area contributed by atoms with Crippen molar-refractivity contribution >= 4 is 5.95 Å². The van der Waals surface area contributed by atoms with Crippen LogP contribution in [0, 0.1) is 5.92 Å². The molecule has 4 nitrogen and oxygen atoms in total. The van der Waals surface area contributed by atoms with Gasteiger partial charge >= 0.3 is 0 Å². The average molecular weight is 288 g/mol. The van der Waals surface area contributed by atoms with Crippen LogP contribution in [0.15, 0.2) is 6.20 Å². The van der Waals surface area contributed by atoms with Crippen LogP contribution >= 0.6 is 0 Å². The van der Waals surface area contributed by atoms with Gasteiger partial charge in [0, 0.05) is 24.5 Å². The van der Waals surface area contributed by atoms with Crippen LogP contribution < -0.4 is 5.32 Å². The fourth-order valence-electron chi connectivity index (χ4n) is 3.90. The Labute approximate surface area is 128 Å². The van der Waals surface area contributed by atoms with E-state index in [1.165, 1.54) is 43.6 Å². The summed E-state index contributed by atoms with van der Waals surface area (Å²) < 4.78 is 0. The summed E-state index contributed by atoms with van der Waals surface area (Å²) in [6.45, 7) is 7.93. The average Bonchev–Trinajstić information content (AvgIpc) is 2.51. The SMILES string of the molecule is CCCNc1ncc2c(n1)C[C@H]1CCCN(CCC)[C@@H]1C2. The van der Waals surface area contributed by atoms with Gasteiger partial charge in [0.1, 0.15) is 0 Å². The number of piperidine rings is 1. The lowest BCUT2D eigenvalue weighted by Gasteiger charge is -2.44. The molecule has 2 aliphatic rings. The number of rotatable bonds is 5. The Morgan fingerprint density at radius 2 is 2.19 bits per heavy atom. The molecule has 0 spiro atoms. The molecule has 0 saturated carbocycles. The van der Waals surface area contributed by atoms with Crippen LogP contribution in [0.1, 0.15) is 50.8 Å². The van der Waals surface area contributed by atoms with Crippen molar-refractivity contribution in [2.45, 2.75) is 58.4 Å².